The summed E-state index contributed by atoms with van der Waals surface area (Å²) >= 11 is 0. The number of rotatable bonds is 6. The van der Waals surface area contributed by atoms with Gasteiger partial charge in [-0.15, -0.1) is 0 Å². The number of ether oxygens (including phenoxy) is 2. The third-order valence-corrected chi connectivity index (χ3v) is 6.38. The summed E-state index contributed by atoms with van der Waals surface area (Å²) < 4.78 is 12.4. The van der Waals surface area contributed by atoms with E-state index in [1.54, 1.807) is 24.3 Å². The molecule has 0 saturated carbocycles. The van der Waals surface area contributed by atoms with Crippen LogP contribution in [0.3, 0.4) is 0 Å². The molecule has 0 aliphatic carbocycles. The topological polar surface area (TPSA) is 111 Å². The first-order chi connectivity index (χ1) is 18.4. The third kappa shape index (κ3) is 5.30. The van der Waals surface area contributed by atoms with Crippen LogP contribution >= 0.6 is 0 Å². The highest BCUT2D eigenvalue weighted by Crippen LogP contribution is 2.31. The van der Waals surface area contributed by atoms with Crippen LogP contribution in [0, 0.1) is 0 Å². The lowest BCUT2D eigenvalue weighted by atomic mass is 10.2. The maximum absolute atomic E-state index is 12.5. The van der Waals surface area contributed by atoms with Crippen LogP contribution in [0.25, 0.3) is 22.4 Å². The van der Waals surface area contributed by atoms with Gasteiger partial charge in [-0.25, -0.2) is 19.6 Å². The zero-order chi connectivity index (χ0) is 26.6. The molecule has 1 aliphatic heterocycles. The lowest BCUT2D eigenvalue weighted by molar-refractivity contribution is 0.0600. The fourth-order valence-corrected chi connectivity index (χ4v) is 4.38. The summed E-state index contributed by atoms with van der Waals surface area (Å²) in [7, 11) is 1.32. The van der Waals surface area contributed by atoms with Gasteiger partial charge in [-0.2, -0.15) is 0 Å². The van der Waals surface area contributed by atoms with Gasteiger partial charge in [0.15, 0.2) is 5.82 Å². The van der Waals surface area contributed by atoms with Gasteiger partial charge in [0.2, 0.25) is 0 Å². The number of fused-ring (bicyclic) bond motifs is 1. The summed E-state index contributed by atoms with van der Waals surface area (Å²) in [4.78, 5) is 36.2. The first-order valence-electron chi connectivity index (χ1n) is 12.5. The van der Waals surface area contributed by atoms with Gasteiger partial charge in [-0.3, -0.25) is 0 Å². The van der Waals surface area contributed by atoms with Crippen molar-refractivity contribution in [1.82, 2.24) is 14.5 Å². The molecule has 4 aromatic rings. The number of urea groups is 1. The van der Waals surface area contributed by atoms with E-state index < -0.39 is 12.0 Å². The molecule has 0 unspecified atom stereocenters. The summed E-state index contributed by atoms with van der Waals surface area (Å²) in [5, 5.41) is 6.60. The standard InChI is InChI=1S/C28H30N6O4/c1-18(2)34-13-12-23-25(33-14-16-38-17-15-33)31-24(32-26(23)34)19-4-8-21(9-5-19)29-28(36)30-22-10-6-20(7-11-22)27(35)37-3/h4-13,18H,14-17H2,1-3H3,(H2,29,30,36). The summed E-state index contributed by atoms with van der Waals surface area (Å²) in [5.74, 6) is 1.10. The van der Waals surface area contributed by atoms with E-state index in [4.69, 9.17) is 19.4 Å². The molecular weight excluding hydrogens is 484 g/mol. The van der Waals surface area contributed by atoms with Gasteiger partial charge in [-0.1, -0.05) is 0 Å². The van der Waals surface area contributed by atoms with Crippen molar-refractivity contribution < 1.29 is 19.1 Å². The van der Waals surface area contributed by atoms with Crippen LogP contribution in [0.4, 0.5) is 22.0 Å². The zero-order valence-corrected chi connectivity index (χ0v) is 21.6. The van der Waals surface area contributed by atoms with E-state index in [2.05, 4.69) is 46.2 Å². The molecule has 196 valence electrons. The predicted molar refractivity (Wildman–Crippen MR) is 147 cm³/mol. The number of carbonyl (C=O) groups is 2. The molecule has 10 nitrogen and oxygen atoms in total. The molecule has 1 fully saturated rings. The number of benzene rings is 2. The van der Waals surface area contributed by atoms with Crippen LogP contribution in [-0.4, -0.2) is 59.9 Å². The number of anilines is 3. The fraction of sp³-hybridized carbons (Fsp3) is 0.286. The van der Waals surface area contributed by atoms with Crippen molar-refractivity contribution in [3.8, 4) is 11.4 Å². The number of esters is 1. The highest BCUT2D eigenvalue weighted by molar-refractivity contribution is 6.00. The number of carbonyl (C=O) groups excluding carboxylic acids is 2. The number of morpholine rings is 1. The summed E-state index contributed by atoms with van der Waals surface area (Å²) in [6, 6.07) is 15.8. The molecule has 1 aliphatic rings. The van der Waals surface area contributed by atoms with Crippen molar-refractivity contribution >= 4 is 40.2 Å². The maximum Gasteiger partial charge on any atom is 0.337 e. The van der Waals surface area contributed by atoms with Crippen molar-refractivity contribution in [3.05, 3.63) is 66.4 Å². The van der Waals surface area contributed by atoms with E-state index in [0.717, 1.165) is 35.5 Å². The number of hydrogen-bond acceptors (Lipinski definition) is 7. The van der Waals surface area contributed by atoms with Crippen molar-refractivity contribution in [2.45, 2.75) is 19.9 Å². The highest BCUT2D eigenvalue weighted by Gasteiger charge is 2.20. The Morgan fingerprint density at radius 1 is 0.921 bits per heavy atom. The first-order valence-corrected chi connectivity index (χ1v) is 12.5. The minimum Gasteiger partial charge on any atom is -0.465 e. The molecule has 1 saturated heterocycles. The van der Waals surface area contributed by atoms with Crippen molar-refractivity contribution in [3.63, 3.8) is 0 Å². The van der Waals surface area contributed by atoms with Crippen LogP contribution < -0.4 is 15.5 Å². The Kier molecular flexibility index (Phi) is 7.23. The zero-order valence-electron chi connectivity index (χ0n) is 21.6. The first kappa shape index (κ1) is 25.2. The van der Waals surface area contributed by atoms with Crippen LogP contribution in [0.15, 0.2) is 60.8 Å². The van der Waals surface area contributed by atoms with Crippen molar-refractivity contribution in [1.29, 1.82) is 0 Å². The average molecular weight is 515 g/mol. The summed E-state index contributed by atoms with van der Waals surface area (Å²) in [6.45, 7) is 7.17. The predicted octanol–water partition coefficient (Wildman–Crippen LogP) is 4.95. The Balaban J connectivity index is 1.35. The monoisotopic (exact) mass is 514 g/mol. The molecule has 2 aromatic carbocycles. The minimum atomic E-state index is -0.432. The van der Waals surface area contributed by atoms with Crippen molar-refractivity contribution in [2.75, 3.05) is 48.9 Å². The number of hydrogen-bond donors (Lipinski definition) is 2. The Hall–Kier alpha value is -4.44. The van der Waals surface area contributed by atoms with Crippen LogP contribution in [0.5, 0.6) is 0 Å². The molecule has 0 bridgehead atoms. The number of nitrogens with zero attached hydrogens (tertiary/aromatic N) is 4. The highest BCUT2D eigenvalue weighted by atomic mass is 16.5. The van der Waals surface area contributed by atoms with E-state index in [9.17, 15) is 9.59 Å². The lowest BCUT2D eigenvalue weighted by Gasteiger charge is -2.28. The van der Waals surface area contributed by atoms with Crippen LogP contribution in [0.1, 0.15) is 30.2 Å². The molecular formula is C28H30N6O4. The largest absolute Gasteiger partial charge is 0.465 e. The molecule has 2 amide bonds. The Morgan fingerprint density at radius 2 is 1.55 bits per heavy atom. The van der Waals surface area contributed by atoms with Gasteiger partial charge in [0.1, 0.15) is 11.5 Å². The fourth-order valence-electron chi connectivity index (χ4n) is 4.38. The van der Waals surface area contributed by atoms with E-state index in [1.807, 2.05) is 24.3 Å². The number of methoxy groups -OCH3 is 1. The second-order valence-electron chi connectivity index (χ2n) is 9.25. The van der Waals surface area contributed by atoms with E-state index in [1.165, 1.54) is 7.11 Å². The second kappa shape index (κ2) is 10.9. The number of aromatic nitrogens is 3. The quantitative estimate of drug-likeness (QED) is 0.351. The number of amides is 2. The molecule has 10 heteroatoms. The van der Waals surface area contributed by atoms with E-state index in [-0.39, 0.29) is 6.04 Å². The summed E-state index contributed by atoms with van der Waals surface area (Å²) in [6.07, 6.45) is 2.06. The second-order valence-corrected chi connectivity index (χ2v) is 9.25. The van der Waals surface area contributed by atoms with E-state index in [0.29, 0.717) is 36.0 Å². The van der Waals surface area contributed by atoms with Gasteiger partial charge in [0, 0.05) is 42.3 Å². The van der Waals surface area contributed by atoms with Gasteiger partial charge >= 0.3 is 12.0 Å². The van der Waals surface area contributed by atoms with Crippen molar-refractivity contribution in [2.24, 2.45) is 0 Å². The van der Waals surface area contributed by atoms with Gasteiger partial charge < -0.3 is 29.6 Å². The Labute approximate surface area is 220 Å². The maximum atomic E-state index is 12.5. The normalized spacial score (nSPS) is 13.5. The molecule has 5 rings (SSSR count). The van der Waals surface area contributed by atoms with Gasteiger partial charge in [0.05, 0.1) is 31.3 Å². The molecule has 3 heterocycles. The van der Waals surface area contributed by atoms with Crippen LogP contribution in [-0.2, 0) is 9.47 Å². The third-order valence-electron chi connectivity index (χ3n) is 6.38. The van der Waals surface area contributed by atoms with Crippen LogP contribution in [0.2, 0.25) is 0 Å². The molecule has 2 aromatic heterocycles. The summed E-state index contributed by atoms with van der Waals surface area (Å²) in [5.41, 5.74) is 3.33. The van der Waals surface area contributed by atoms with Gasteiger partial charge in [-0.05, 0) is 68.4 Å². The molecule has 2 N–H and O–H groups in total. The average Bonchev–Trinajstić information content (AvgIpc) is 3.38. The van der Waals surface area contributed by atoms with E-state index >= 15 is 0 Å². The molecule has 0 atom stereocenters. The lowest BCUT2D eigenvalue weighted by Crippen LogP contribution is -2.37. The minimum absolute atomic E-state index is 0.259. The Bertz CT molecular complexity index is 1440. The SMILES string of the molecule is COC(=O)c1ccc(NC(=O)Nc2ccc(-c3nc(N4CCOCC4)c4ccn(C(C)C)c4n3)cc2)cc1. The smallest absolute Gasteiger partial charge is 0.337 e. The Morgan fingerprint density at radius 3 is 2.16 bits per heavy atom. The van der Waals surface area contributed by atoms with Gasteiger partial charge in [0.25, 0.3) is 0 Å². The number of nitrogens with one attached hydrogen (secondary N) is 2. The molecule has 38 heavy (non-hydrogen) atoms. The molecule has 0 radical (unpaired) electrons. The molecule has 0 spiro atoms.